The molecule has 9 nitrogen and oxygen atoms in total. The molecule has 1 amide bonds. The van der Waals surface area contributed by atoms with Gasteiger partial charge in [-0.25, -0.2) is 4.98 Å². The number of fused-ring (bicyclic) bond motifs is 2. The second-order valence-corrected chi connectivity index (χ2v) is 8.61. The number of benzene rings is 1. The van der Waals surface area contributed by atoms with Crippen LogP contribution in [0.3, 0.4) is 0 Å². The van der Waals surface area contributed by atoms with Gasteiger partial charge in [-0.2, -0.15) is 4.98 Å². The summed E-state index contributed by atoms with van der Waals surface area (Å²) in [6.07, 6.45) is 5.30. The molecule has 3 aromatic heterocycles. The number of nitrogens with zero attached hydrogens (tertiary/aromatic N) is 5. The molecule has 1 saturated heterocycles. The van der Waals surface area contributed by atoms with Gasteiger partial charge in [0.1, 0.15) is 0 Å². The highest BCUT2D eigenvalue weighted by Gasteiger charge is 2.24. The van der Waals surface area contributed by atoms with Gasteiger partial charge < -0.3 is 20.3 Å². The molecule has 1 aromatic carbocycles. The number of amides is 1. The number of carbonyl (C=O) groups is 1. The third kappa shape index (κ3) is 3.95. The van der Waals surface area contributed by atoms with Crippen LogP contribution in [-0.4, -0.2) is 57.5 Å². The monoisotopic (exact) mass is 445 g/mol. The van der Waals surface area contributed by atoms with E-state index in [4.69, 9.17) is 4.74 Å². The van der Waals surface area contributed by atoms with Gasteiger partial charge in [0.25, 0.3) is 11.8 Å². The van der Waals surface area contributed by atoms with Crippen molar-refractivity contribution in [3.63, 3.8) is 0 Å². The van der Waals surface area contributed by atoms with E-state index < -0.39 is 0 Å². The van der Waals surface area contributed by atoms with Crippen molar-refractivity contribution in [2.75, 3.05) is 30.4 Å². The number of anilines is 2. The maximum atomic E-state index is 13.3. The van der Waals surface area contributed by atoms with Crippen LogP contribution in [0.15, 0.2) is 42.9 Å². The maximum Gasteiger partial charge on any atom is 0.260 e. The van der Waals surface area contributed by atoms with E-state index in [1.165, 1.54) is 7.11 Å². The summed E-state index contributed by atoms with van der Waals surface area (Å²) in [4.78, 5) is 29.0. The van der Waals surface area contributed by atoms with Gasteiger partial charge in [0.2, 0.25) is 5.65 Å². The number of hydrogen-bond donors (Lipinski definition) is 2. The van der Waals surface area contributed by atoms with Crippen molar-refractivity contribution in [2.24, 2.45) is 0 Å². The molecule has 170 valence electrons. The zero-order valence-electron chi connectivity index (χ0n) is 19.2. The summed E-state index contributed by atoms with van der Waals surface area (Å²) in [6, 6.07) is 8.55. The minimum Gasteiger partial charge on any atom is -0.478 e. The first-order valence-corrected chi connectivity index (χ1v) is 11.0. The third-order valence-corrected chi connectivity index (χ3v) is 5.85. The highest BCUT2D eigenvalue weighted by molar-refractivity contribution is 6.13. The number of aryl methyl sites for hydroxylation is 1. The molecule has 0 unspecified atom stereocenters. The molecular formula is C24H27N7O2. The Morgan fingerprint density at radius 3 is 2.70 bits per heavy atom. The first-order chi connectivity index (χ1) is 15.9. The van der Waals surface area contributed by atoms with Crippen LogP contribution >= 0.6 is 0 Å². The number of aromatic nitrogens is 4. The van der Waals surface area contributed by atoms with Crippen molar-refractivity contribution in [1.82, 2.24) is 24.7 Å². The van der Waals surface area contributed by atoms with E-state index in [1.54, 1.807) is 16.8 Å². The van der Waals surface area contributed by atoms with Gasteiger partial charge in [-0.05, 0) is 45.0 Å². The topological polar surface area (TPSA) is 96.7 Å². The number of rotatable bonds is 4. The summed E-state index contributed by atoms with van der Waals surface area (Å²) in [5.74, 6) is 0.443. The zero-order valence-corrected chi connectivity index (χ0v) is 19.2. The zero-order chi connectivity index (χ0) is 23.1. The Balaban J connectivity index is 1.50. The summed E-state index contributed by atoms with van der Waals surface area (Å²) in [7, 11) is 1.53. The molecule has 0 saturated carbocycles. The van der Waals surface area contributed by atoms with E-state index in [9.17, 15) is 4.79 Å². The number of ether oxygens (including phenoxy) is 1. The Hall–Kier alpha value is -3.72. The van der Waals surface area contributed by atoms with E-state index in [0.29, 0.717) is 40.5 Å². The SMILES string of the molecule is COc1nc(NC(=O)c2ccc(N3C[C@H](C)N[C@@H](C)C3)c3cccnc23)cn2cc(C)nc12. The van der Waals surface area contributed by atoms with E-state index >= 15 is 0 Å². The molecule has 33 heavy (non-hydrogen) atoms. The minimum absolute atomic E-state index is 0.280. The molecule has 5 rings (SSSR count). The van der Waals surface area contributed by atoms with Crippen molar-refractivity contribution in [3.05, 3.63) is 54.1 Å². The van der Waals surface area contributed by atoms with Gasteiger partial charge in [-0.1, -0.05) is 0 Å². The Labute approximate surface area is 191 Å². The highest BCUT2D eigenvalue weighted by atomic mass is 16.5. The third-order valence-electron chi connectivity index (χ3n) is 5.85. The van der Waals surface area contributed by atoms with Gasteiger partial charge in [0, 0.05) is 48.6 Å². The molecule has 4 aromatic rings. The lowest BCUT2D eigenvalue weighted by Crippen LogP contribution is -2.54. The van der Waals surface area contributed by atoms with Gasteiger partial charge in [-0.3, -0.25) is 14.2 Å². The molecule has 0 aliphatic carbocycles. The molecule has 0 spiro atoms. The average molecular weight is 446 g/mol. The van der Waals surface area contributed by atoms with Gasteiger partial charge in [0.05, 0.1) is 30.1 Å². The van der Waals surface area contributed by atoms with Crippen LogP contribution in [0.4, 0.5) is 11.5 Å². The highest BCUT2D eigenvalue weighted by Crippen LogP contribution is 2.30. The van der Waals surface area contributed by atoms with Crippen LogP contribution in [0, 0.1) is 6.92 Å². The lowest BCUT2D eigenvalue weighted by atomic mass is 10.0. The molecule has 1 aliphatic rings. The Bertz CT molecular complexity index is 1340. The van der Waals surface area contributed by atoms with E-state index in [-0.39, 0.29) is 5.91 Å². The normalized spacial score (nSPS) is 18.6. The molecule has 0 radical (unpaired) electrons. The van der Waals surface area contributed by atoms with Crippen molar-refractivity contribution in [1.29, 1.82) is 0 Å². The molecule has 1 aliphatic heterocycles. The number of methoxy groups -OCH3 is 1. The van der Waals surface area contributed by atoms with E-state index in [1.807, 2.05) is 37.4 Å². The van der Waals surface area contributed by atoms with Crippen molar-refractivity contribution >= 4 is 34.0 Å². The molecule has 2 N–H and O–H groups in total. The second kappa shape index (κ2) is 8.32. The maximum absolute atomic E-state index is 13.3. The van der Waals surface area contributed by atoms with Crippen LogP contribution in [0.25, 0.3) is 16.6 Å². The molecule has 1 fully saturated rings. The van der Waals surface area contributed by atoms with Gasteiger partial charge in [-0.15, -0.1) is 0 Å². The van der Waals surface area contributed by atoms with Crippen molar-refractivity contribution in [2.45, 2.75) is 32.9 Å². The van der Waals surface area contributed by atoms with Gasteiger partial charge in [0.15, 0.2) is 5.82 Å². The van der Waals surface area contributed by atoms with Crippen LogP contribution in [0.2, 0.25) is 0 Å². The van der Waals surface area contributed by atoms with E-state index in [2.05, 4.69) is 44.3 Å². The first-order valence-electron chi connectivity index (χ1n) is 11.0. The number of hydrogen-bond acceptors (Lipinski definition) is 7. The summed E-state index contributed by atoms with van der Waals surface area (Å²) in [5.41, 5.74) is 3.68. The second-order valence-electron chi connectivity index (χ2n) is 8.61. The minimum atomic E-state index is -0.280. The number of piperazine rings is 1. The van der Waals surface area contributed by atoms with Crippen LogP contribution in [-0.2, 0) is 0 Å². The smallest absolute Gasteiger partial charge is 0.260 e. The lowest BCUT2D eigenvalue weighted by molar-refractivity contribution is 0.102. The summed E-state index contributed by atoms with van der Waals surface area (Å²) in [6.45, 7) is 8.06. The van der Waals surface area contributed by atoms with Crippen LogP contribution < -0.4 is 20.3 Å². The van der Waals surface area contributed by atoms with Crippen LogP contribution in [0.5, 0.6) is 5.88 Å². The first kappa shape index (κ1) is 21.1. The fraction of sp³-hybridized carbons (Fsp3) is 0.333. The number of carbonyl (C=O) groups excluding carboxylic acids is 1. The fourth-order valence-electron chi connectivity index (χ4n) is 4.61. The molecule has 0 bridgehead atoms. The standard InChI is InChI=1S/C24H27N7O2/c1-14-10-30(11-15(2)26-14)19-8-7-18(21-17(19)6-5-9-25-21)23(32)28-20-13-31-12-16(3)27-22(31)24(29-20)33-4/h5-9,12-15,26H,10-11H2,1-4H3,(H,28,32)/t14-,15-/m0/s1. The predicted molar refractivity (Wildman–Crippen MR) is 128 cm³/mol. The van der Waals surface area contributed by atoms with Crippen molar-refractivity contribution in [3.8, 4) is 5.88 Å². The van der Waals surface area contributed by atoms with Crippen LogP contribution in [0.1, 0.15) is 29.9 Å². The quantitative estimate of drug-likeness (QED) is 0.498. The Kier molecular flexibility index (Phi) is 5.33. The fourth-order valence-corrected chi connectivity index (χ4v) is 4.61. The van der Waals surface area contributed by atoms with Gasteiger partial charge >= 0.3 is 0 Å². The lowest BCUT2D eigenvalue weighted by Gasteiger charge is -2.38. The number of imidazole rings is 1. The summed E-state index contributed by atoms with van der Waals surface area (Å²) < 4.78 is 7.17. The summed E-state index contributed by atoms with van der Waals surface area (Å²) >= 11 is 0. The van der Waals surface area contributed by atoms with Crippen molar-refractivity contribution < 1.29 is 9.53 Å². The summed E-state index contributed by atoms with van der Waals surface area (Å²) in [5, 5.41) is 7.42. The molecular weight excluding hydrogens is 418 g/mol. The average Bonchev–Trinajstić information content (AvgIpc) is 3.17. The predicted octanol–water partition coefficient (Wildman–Crippen LogP) is 3.03. The van der Waals surface area contributed by atoms with E-state index in [0.717, 1.165) is 29.9 Å². The Morgan fingerprint density at radius 2 is 1.94 bits per heavy atom. The number of nitrogens with one attached hydrogen (secondary N) is 2. The molecule has 4 heterocycles. The largest absolute Gasteiger partial charge is 0.478 e. The Morgan fingerprint density at radius 1 is 1.15 bits per heavy atom. The molecule has 2 atom stereocenters. The number of pyridine rings is 1. The molecule has 9 heteroatoms.